The highest BCUT2D eigenvalue weighted by molar-refractivity contribution is 6.59. The molecular formula is C6H8B2O3. The lowest BCUT2D eigenvalue weighted by molar-refractivity contribution is 0.426. The summed E-state index contributed by atoms with van der Waals surface area (Å²) >= 11 is 0. The fraction of sp³-hybridized carbons (Fsp3) is 0. The zero-order valence-electron chi connectivity index (χ0n) is 5.94. The van der Waals surface area contributed by atoms with Crippen LogP contribution in [0.15, 0.2) is 24.3 Å². The molecule has 0 amide bonds. The Balaban J connectivity index is 2.91. The van der Waals surface area contributed by atoms with Gasteiger partial charge in [-0.1, -0.05) is 29.7 Å². The number of benzene rings is 1. The van der Waals surface area contributed by atoms with Crippen LogP contribution in [-0.4, -0.2) is 29.7 Å². The van der Waals surface area contributed by atoms with E-state index in [0.29, 0.717) is 10.9 Å². The summed E-state index contributed by atoms with van der Waals surface area (Å²) in [4.78, 5) is 0. The second-order valence-electron chi connectivity index (χ2n) is 2.28. The molecule has 1 aromatic carbocycles. The molecule has 0 radical (unpaired) electrons. The Bertz CT molecular complexity index is 239. The van der Waals surface area contributed by atoms with E-state index in [1.165, 1.54) is 0 Å². The Morgan fingerprint density at radius 3 is 2.55 bits per heavy atom. The van der Waals surface area contributed by atoms with Gasteiger partial charge in [-0.05, 0) is 5.46 Å². The van der Waals surface area contributed by atoms with Crippen molar-refractivity contribution in [1.82, 2.24) is 0 Å². The van der Waals surface area contributed by atoms with Crippen LogP contribution in [0, 0.1) is 0 Å². The van der Waals surface area contributed by atoms with E-state index in [4.69, 9.17) is 15.1 Å². The molecule has 0 aromatic heterocycles. The minimum Gasteiger partial charge on any atom is -0.449 e. The molecule has 0 bridgehead atoms. The minimum absolute atomic E-state index is 0.0828. The van der Waals surface area contributed by atoms with Gasteiger partial charge < -0.3 is 15.1 Å². The highest BCUT2D eigenvalue weighted by Crippen LogP contribution is 1.80. The van der Waals surface area contributed by atoms with Crippen LogP contribution in [-0.2, 0) is 0 Å². The zero-order chi connectivity index (χ0) is 8.27. The average molecular weight is 150 g/mol. The van der Waals surface area contributed by atoms with Gasteiger partial charge in [0.2, 0.25) is 0 Å². The summed E-state index contributed by atoms with van der Waals surface area (Å²) in [5, 5.41) is 26.1. The highest BCUT2D eigenvalue weighted by Gasteiger charge is 2.09. The van der Waals surface area contributed by atoms with Crippen molar-refractivity contribution in [2.24, 2.45) is 0 Å². The van der Waals surface area contributed by atoms with Crippen molar-refractivity contribution in [2.75, 3.05) is 0 Å². The molecule has 11 heavy (non-hydrogen) atoms. The number of hydrogen-bond donors (Lipinski definition) is 3. The zero-order valence-corrected chi connectivity index (χ0v) is 5.94. The van der Waals surface area contributed by atoms with Gasteiger partial charge in [0, 0.05) is 0 Å². The molecule has 1 rings (SSSR count). The van der Waals surface area contributed by atoms with E-state index >= 15 is 0 Å². The van der Waals surface area contributed by atoms with Crippen molar-refractivity contribution in [1.29, 1.82) is 0 Å². The first-order valence-electron chi connectivity index (χ1n) is 3.30. The Morgan fingerprint density at radius 1 is 1.27 bits per heavy atom. The predicted octanol–water partition coefficient (Wildman–Crippen LogP) is -2.66. The van der Waals surface area contributed by atoms with Gasteiger partial charge in [0.25, 0.3) is 0 Å². The highest BCUT2D eigenvalue weighted by atomic mass is 16.4. The Kier molecular flexibility index (Phi) is 2.70. The van der Waals surface area contributed by atoms with Gasteiger partial charge in [-0.2, -0.15) is 0 Å². The fourth-order valence-corrected chi connectivity index (χ4v) is 0.852. The van der Waals surface area contributed by atoms with Gasteiger partial charge >= 0.3 is 14.6 Å². The van der Waals surface area contributed by atoms with Crippen LogP contribution in [0.3, 0.4) is 0 Å². The van der Waals surface area contributed by atoms with Gasteiger partial charge in [0.05, 0.1) is 0 Å². The number of rotatable bonds is 2. The van der Waals surface area contributed by atoms with Crippen LogP contribution in [0.2, 0.25) is 0 Å². The summed E-state index contributed by atoms with van der Waals surface area (Å²) in [6.07, 6.45) is 0. The molecule has 0 aliphatic heterocycles. The third kappa shape index (κ3) is 2.08. The van der Waals surface area contributed by atoms with Gasteiger partial charge in [0.1, 0.15) is 0 Å². The lowest BCUT2D eigenvalue weighted by Crippen LogP contribution is -2.33. The first kappa shape index (κ1) is 8.33. The average Bonchev–Trinajstić information content (AvgIpc) is 2.05. The smallest absolute Gasteiger partial charge is 0.449 e. The SMILES string of the molecule is OBc1cccc(B(O)O)c1. The molecule has 0 unspecified atom stereocenters. The molecule has 5 heteroatoms. The number of hydrogen-bond acceptors (Lipinski definition) is 3. The molecule has 1 aromatic rings. The maximum absolute atomic E-state index is 8.72. The van der Waals surface area contributed by atoms with Crippen LogP contribution in [0.1, 0.15) is 0 Å². The first-order chi connectivity index (χ1) is 5.24. The lowest BCUT2D eigenvalue weighted by atomic mass is 9.76. The van der Waals surface area contributed by atoms with Crippen LogP contribution in [0.5, 0.6) is 0 Å². The minimum atomic E-state index is -1.46. The third-order valence-corrected chi connectivity index (χ3v) is 1.43. The largest absolute Gasteiger partial charge is 0.488 e. The van der Waals surface area contributed by atoms with E-state index in [-0.39, 0.29) is 7.48 Å². The van der Waals surface area contributed by atoms with Crippen LogP contribution >= 0.6 is 0 Å². The molecule has 0 aliphatic carbocycles. The quantitative estimate of drug-likeness (QED) is 0.403. The second-order valence-corrected chi connectivity index (χ2v) is 2.28. The third-order valence-electron chi connectivity index (χ3n) is 1.43. The molecule has 0 saturated carbocycles. The van der Waals surface area contributed by atoms with Crippen molar-refractivity contribution in [3.63, 3.8) is 0 Å². The lowest BCUT2D eigenvalue weighted by Gasteiger charge is -1.99. The standard InChI is InChI=1S/C6H8B2O3/c9-7-5-2-1-3-6(4-5)8(10)11/h1-4,7,9-11H. The maximum Gasteiger partial charge on any atom is 0.488 e. The molecule has 0 aliphatic rings. The van der Waals surface area contributed by atoms with Crippen LogP contribution < -0.4 is 10.9 Å². The maximum atomic E-state index is 8.72. The van der Waals surface area contributed by atoms with Gasteiger partial charge in [-0.25, -0.2) is 0 Å². The van der Waals surface area contributed by atoms with Crippen LogP contribution in [0.4, 0.5) is 0 Å². The van der Waals surface area contributed by atoms with Crippen LogP contribution in [0.25, 0.3) is 0 Å². The van der Waals surface area contributed by atoms with E-state index in [9.17, 15) is 0 Å². The summed E-state index contributed by atoms with van der Waals surface area (Å²) in [7, 11) is -1.54. The van der Waals surface area contributed by atoms with Gasteiger partial charge in [-0.3, -0.25) is 0 Å². The van der Waals surface area contributed by atoms with E-state index in [1.807, 2.05) is 0 Å². The molecule has 0 saturated heterocycles. The fourth-order valence-electron chi connectivity index (χ4n) is 0.852. The van der Waals surface area contributed by atoms with Crippen molar-refractivity contribution < 1.29 is 15.1 Å². The summed E-state index contributed by atoms with van der Waals surface area (Å²) in [5.41, 5.74) is 1.08. The van der Waals surface area contributed by atoms with E-state index in [1.54, 1.807) is 24.3 Å². The van der Waals surface area contributed by atoms with E-state index < -0.39 is 7.12 Å². The Morgan fingerprint density at radius 2 is 2.00 bits per heavy atom. The van der Waals surface area contributed by atoms with E-state index in [0.717, 1.165) is 0 Å². The van der Waals surface area contributed by atoms with Crippen molar-refractivity contribution in [3.05, 3.63) is 24.3 Å². The van der Waals surface area contributed by atoms with Gasteiger partial charge in [-0.15, -0.1) is 0 Å². The van der Waals surface area contributed by atoms with Crippen molar-refractivity contribution >= 4 is 25.5 Å². The summed E-state index contributed by atoms with van der Waals surface area (Å²) in [6.45, 7) is 0. The molecular weight excluding hydrogens is 142 g/mol. The normalized spacial score (nSPS) is 9.36. The summed E-state index contributed by atoms with van der Waals surface area (Å²) in [6, 6.07) is 6.51. The first-order valence-corrected chi connectivity index (χ1v) is 3.30. The monoisotopic (exact) mass is 150 g/mol. The molecule has 3 N–H and O–H groups in total. The summed E-state index contributed by atoms with van der Waals surface area (Å²) in [5.74, 6) is 0. The summed E-state index contributed by atoms with van der Waals surface area (Å²) < 4.78 is 0. The molecule has 3 nitrogen and oxygen atoms in total. The van der Waals surface area contributed by atoms with Gasteiger partial charge in [0.15, 0.2) is 0 Å². The Hall–Kier alpha value is -0.770. The molecule has 0 fully saturated rings. The molecule has 56 valence electrons. The predicted molar refractivity (Wildman–Crippen MR) is 45.3 cm³/mol. The van der Waals surface area contributed by atoms with Crippen molar-refractivity contribution in [2.45, 2.75) is 0 Å². The second kappa shape index (κ2) is 3.57. The Labute approximate surface area is 65.7 Å². The molecule has 0 heterocycles. The molecule has 0 spiro atoms. The topological polar surface area (TPSA) is 60.7 Å². The molecule has 0 atom stereocenters. The van der Waals surface area contributed by atoms with Crippen molar-refractivity contribution in [3.8, 4) is 0 Å². The van der Waals surface area contributed by atoms with E-state index in [2.05, 4.69) is 0 Å².